The van der Waals surface area contributed by atoms with Gasteiger partial charge < -0.3 is 5.11 Å². The third-order valence-electron chi connectivity index (χ3n) is 2.94. The van der Waals surface area contributed by atoms with Crippen LogP contribution in [0.15, 0.2) is 24.8 Å². The fourth-order valence-corrected chi connectivity index (χ4v) is 1.61. The molecule has 0 aromatic rings. The van der Waals surface area contributed by atoms with Gasteiger partial charge in [0.2, 0.25) is 0 Å². The Hall–Kier alpha value is -0.560. The van der Waals surface area contributed by atoms with Gasteiger partial charge in [-0.1, -0.05) is 25.2 Å². The summed E-state index contributed by atoms with van der Waals surface area (Å²) in [7, 11) is 0. The fourth-order valence-electron chi connectivity index (χ4n) is 1.61. The van der Waals surface area contributed by atoms with Crippen LogP contribution in [0.2, 0.25) is 0 Å². The van der Waals surface area contributed by atoms with Crippen LogP contribution in [0.25, 0.3) is 0 Å². The predicted molar refractivity (Wildman–Crippen MR) is 51.9 cm³/mol. The van der Waals surface area contributed by atoms with Crippen LogP contribution in [-0.2, 0) is 0 Å². The van der Waals surface area contributed by atoms with E-state index in [1.54, 1.807) is 0 Å². The summed E-state index contributed by atoms with van der Waals surface area (Å²) >= 11 is 0. The fraction of sp³-hybridized carbons (Fsp3) is 0.636. The average Bonchev–Trinajstić information content (AvgIpc) is 2.06. The number of hydrogen-bond donors (Lipinski definition) is 1. The van der Waals surface area contributed by atoms with E-state index in [0.717, 1.165) is 19.3 Å². The van der Waals surface area contributed by atoms with Crippen molar-refractivity contribution in [2.24, 2.45) is 5.41 Å². The molecular weight excluding hydrogens is 148 g/mol. The van der Waals surface area contributed by atoms with Crippen LogP contribution in [0.4, 0.5) is 0 Å². The molecule has 0 aromatic carbocycles. The summed E-state index contributed by atoms with van der Waals surface area (Å²) in [5, 5.41) is 9.68. The molecule has 0 spiro atoms. The molecule has 2 atom stereocenters. The highest BCUT2D eigenvalue weighted by molar-refractivity contribution is 5.17. The first-order valence-corrected chi connectivity index (χ1v) is 4.60. The lowest BCUT2D eigenvalue weighted by atomic mass is 9.73. The highest BCUT2D eigenvalue weighted by Crippen LogP contribution is 2.38. The van der Waals surface area contributed by atoms with Crippen molar-refractivity contribution in [1.29, 1.82) is 0 Å². The Labute approximate surface area is 74.8 Å². The minimum absolute atomic E-state index is 0.141. The van der Waals surface area contributed by atoms with Gasteiger partial charge >= 0.3 is 0 Å². The zero-order valence-electron chi connectivity index (χ0n) is 8.01. The maximum atomic E-state index is 9.68. The first kappa shape index (κ1) is 9.53. The van der Waals surface area contributed by atoms with Gasteiger partial charge in [-0.05, 0) is 26.2 Å². The lowest BCUT2D eigenvalue weighted by molar-refractivity contribution is 0.0802. The Morgan fingerprint density at radius 1 is 1.50 bits per heavy atom. The molecule has 1 heteroatoms. The molecule has 1 aliphatic carbocycles. The van der Waals surface area contributed by atoms with Gasteiger partial charge in [0.25, 0.3) is 0 Å². The minimum atomic E-state index is -0.596. The lowest BCUT2D eigenvalue weighted by Crippen LogP contribution is -2.30. The van der Waals surface area contributed by atoms with Crippen molar-refractivity contribution in [1.82, 2.24) is 0 Å². The van der Waals surface area contributed by atoms with Crippen LogP contribution in [-0.4, -0.2) is 10.7 Å². The molecular formula is C11H18O. The molecule has 1 unspecified atom stereocenters. The Balaban J connectivity index is 2.81. The van der Waals surface area contributed by atoms with Crippen LogP contribution >= 0.6 is 0 Å². The Morgan fingerprint density at radius 3 is 2.50 bits per heavy atom. The summed E-state index contributed by atoms with van der Waals surface area (Å²) in [6.07, 6.45) is 8.92. The quantitative estimate of drug-likeness (QED) is 0.625. The predicted octanol–water partition coefficient (Wildman–Crippen LogP) is 2.67. The third-order valence-corrected chi connectivity index (χ3v) is 2.94. The normalized spacial score (nSPS) is 41.2. The van der Waals surface area contributed by atoms with Crippen molar-refractivity contribution in [3.8, 4) is 0 Å². The molecule has 0 bridgehead atoms. The monoisotopic (exact) mass is 166 g/mol. The van der Waals surface area contributed by atoms with Gasteiger partial charge in [0.1, 0.15) is 0 Å². The van der Waals surface area contributed by atoms with E-state index in [9.17, 15) is 5.11 Å². The molecule has 1 rings (SSSR count). The van der Waals surface area contributed by atoms with Crippen molar-refractivity contribution in [2.45, 2.75) is 38.7 Å². The second kappa shape index (κ2) is 3.06. The van der Waals surface area contributed by atoms with Crippen molar-refractivity contribution in [3.63, 3.8) is 0 Å². The molecule has 0 aromatic heterocycles. The smallest absolute Gasteiger partial charge is 0.0800 e. The lowest BCUT2D eigenvalue weighted by Gasteiger charge is -2.34. The van der Waals surface area contributed by atoms with Gasteiger partial charge in [0, 0.05) is 5.41 Å². The summed E-state index contributed by atoms with van der Waals surface area (Å²) < 4.78 is 0. The van der Waals surface area contributed by atoms with E-state index in [2.05, 4.69) is 19.6 Å². The van der Waals surface area contributed by atoms with Crippen LogP contribution in [0.5, 0.6) is 0 Å². The van der Waals surface area contributed by atoms with E-state index >= 15 is 0 Å². The number of allylic oxidation sites excluding steroid dienone is 2. The van der Waals surface area contributed by atoms with Gasteiger partial charge in [0.15, 0.2) is 0 Å². The molecule has 0 saturated heterocycles. The highest BCUT2D eigenvalue weighted by atomic mass is 16.3. The van der Waals surface area contributed by atoms with Crippen molar-refractivity contribution < 1.29 is 5.11 Å². The van der Waals surface area contributed by atoms with E-state index in [1.165, 1.54) is 0 Å². The maximum Gasteiger partial charge on any atom is 0.0800 e. The van der Waals surface area contributed by atoms with E-state index in [0.29, 0.717) is 0 Å². The van der Waals surface area contributed by atoms with Gasteiger partial charge in [-0.2, -0.15) is 0 Å². The zero-order valence-corrected chi connectivity index (χ0v) is 8.01. The summed E-state index contributed by atoms with van der Waals surface area (Å²) in [6, 6.07) is 0. The van der Waals surface area contributed by atoms with Gasteiger partial charge in [0.05, 0.1) is 5.60 Å². The summed E-state index contributed by atoms with van der Waals surface area (Å²) in [4.78, 5) is 0. The number of aliphatic hydroxyl groups is 1. The number of hydrogen-bond acceptors (Lipinski definition) is 1. The summed E-state index contributed by atoms with van der Waals surface area (Å²) in [6.45, 7) is 7.85. The molecule has 0 fully saturated rings. The van der Waals surface area contributed by atoms with E-state index in [1.807, 2.05) is 19.1 Å². The molecule has 1 N–H and O–H groups in total. The van der Waals surface area contributed by atoms with E-state index in [4.69, 9.17) is 0 Å². The van der Waals surface area contributed by atoms with Crippen molar-refractivity contribution in [2.75, 3.05) is 0 Å². The topological polar surface area (TPSA) is 20.2 Å². The van der Waals surface area contributed by atoms with Crippen LogP contribution in [0, 0.1) is 5.41 Å². The molecule has 0 radical (unpaired) electrons. The van der Waals surface area contributed by atoms with Crippen LogP contribution < -0.4 is 0 Å². The molecule has 0 saturated carbocycles. The van der Waals surface area contributed by atoms with Crippen molar-refractivity contribution >= 4 is 0 Å². The largest absolute Gasteiger partial charge is 0.386 e. The molecule has 0 amide bonds. The Morgan fingerprint density at radius 2 is 2.17 bits per heavy atom. The zero-order chi connectivity index (χ0) is 9.24. The average molecular weight is 166 g/mol. The van der Waals surface area contributed by atoms with Crippen molar-refractivity contribution in [3.05, 3.63) is 24.8 Å². The molecule has 1 nitrogen and oxygen atoms in total. The second-order valence-electron chi connectivity index (χ2n) is 3.98. The Kier molecular flexibility index (Phi) is 2.43. The van der Waals surface area contributed by atoms with Gasteiger partial charge in [-0.3, -0.25) is 0 Å². The van der Waals surface area contributed by atoms with Gasteiger partial charge in [-0.15, -0.1) is 6.58 Å². The van der Waals surface area contributed by atoms with E-state index < -0.39 is 5.60 Å². The molecule has 12 heavy (non-hydrogen) atoms. The highest BCUT2D eigenvalue weighted by Gasteiger charge is 2.30. The first-order chi connectivity index (χ1) is 5.54. The standard InChI is InChI=1S/C11H18O/c1-4-11(5-2)8-6-10(3,12)7-9-11/h4,6,8,12H,1,5,7,9H2,2-3H3/t10-,11?/m1/s1. The molecule has 68 valence electrons. The first-order valence-electron chi connectivity index (χ1n) is 4.60. The maximum absolute atomic E-state index is 9.68. The molecule has 0 heterocycles. The second-order valence-corrected chi connectivity index (χ2v) is 3.98. The Bertz CT molecular complexity index is 203. The molecule has 1 aliphatic rings. The third kappa shape index (κ3) is 1.78. The van der Waals surface area contributed by atoms with Gasteiger partial charge in [-0.25, -0.2) is 0 Å². The minimum Gasteiger partial charge on any atom is -0.386 e. The van der Waals surface area contributed by atoms with Crippen LogP contribution in [0.3, 0.4) is 0 Å². The summed E-state index contributed by atoms with van der Waals surface area (Å²) in [5.74, 6) is 0. The number of rotatable bonds is 2. The molecule has 0 aliphatic heterocycles. The SMILES string of the molecule is C=CC1(CC)C=C[C@@](C)(O)CC1. The van der Waals surface area contributed by atoms with E-state index in [-0.39, 0.29) is 5.41 Å². The summed E-state index contributed by atoms with van der Waals surface area (Å²) in [5.41, 5.74) is -0.454. The van der Waals surface area contributed by atoms with Crippen LogP contribution in [0.1, 0.15) is 33.1 Å².